The van der Waals surface area contributed by atoms with E-state index < -0.39 is 0 Å². The van der Waals surface area contributed by atoms with Crippen molar-refractivity contribution < 1.29 is 10.0 Å². The van der Waals surface area contributed by atoms with Crippen molar-refractivity contribution in [2.24, 2.45) is 11.7 Å². The Bertz CT molecular complexity index is 661. The van der Waals surface area contributed by atoms with Gasteiger partial charge in [-0.3, -0.25) is 4.79 Å². The second-order valence-corrected chi connectivity index (χ2v) is 6.00. The molecular formula is C18H25N3O2. The third-order valence-corrected chi connectivity index (χ3v) is 4.28. The lowest BCUT2D eigenvalue weighted by Crippen LogP contribution is -2.38. The van der Waals surface area contributed by atoms with Crippen LogP contribution < -0.4 is 27.0 Å². The number of hydrogen-bond acceptors (Lipinski definition) is 4. The van der Waals surface area contributed by atoms with Gasteiger partial charge in [0.15, 0.2) is 0 Å². The molecule has 23 heavy (non-hydrogen) atoms. The summed E-state index contributed by atoms with van der Waals surface area (Å²) in [6.07, 6.45) is 6.91. The summed E-state index contributed by atoms with van der Waals surface area (Å²) in [6, 6.07) is 7.91. The number of benzene rings is 1. The van der Waals surface area contributed by atoms with Crippen LogP contribution in [0, 0.1) is 5.92 Å². The van der Waals surface area contributed by atoms with E-state index in [9.17, 15) is 4.79 Å². The Balaban J connectivity index is 1.84. The minimum atomic E-state index is 0.0111. The van der Waals surface area contributed by atoms with Gasteiger partial charge in [0, 0.05) is 17.7 Å². The molecule has 124 valence electrons. The fraction of sp³-hybridized carbons (Fsp3) is 0.389. The molecule has 0 bridgehead atoms. The Kier molecular flexibility index (Phi) is 6.38. The lowest BCUT2D eigenvalue weighted by molar-refractivity contribution is -0.126. The molecule has 5 nitrogen and oxygen atoms in total. The lowest BCUT2D eigenvalue weighted by Gasteiger charge is -2.26. The largest absolute Gasteiger partial charge is 0.401 e. The van der Waals surface area contributed by atoms with Gasteiger partial charge in [-0.05, 0) is 42.2 Å². The summed E-state index contributed by atoms with van der Waals surface area (Å²) < 4.78 is 0. The molecule has 1 aromatic rings. The standard InChI is InChI=1S/C18H25N3O2/c1-13-4-2-3-5-14(13)6-9-16(19)12-20-18(22)15-7-10-17(21-23)11-8-15/h2-6,9,15,17,21,23H,1,7-8,10-12,19H2,(H,20,22)/b14-6-,16-9-. The molecular weight excluding hydrogens is 290 g/mol. The van der Waals surface area contributed by atoms with Crippen LogP contribution in [0.15, 0.2) is 36.0 Å². The molecule has 5 N–H and O–H groups in total. The summed E-state index contributed by atoms with van der Waals surface area (Å²) in [6.45, 7) is 4.29. The van der Waals surface area contributed by atoms with E-state index in [0.717, 1.165) is 36.1 Å². The van der Waals surface area contributed by atoms with Crippen LogP contribution in [0.2, 0.25) is 0 Å². The summed E-state index contributed by atoms with van der Waals surface area (Å²) in [5.41, 5.74) is 8.83. The first-order chi connectivity index (χ1) is 11.1. The van der Waals surface area contributed by atoms with Gasteiger partial charge >= 0.3 is 0 Å². The van der Waals surface area contributed by atoms with Gasteiger partial charge in [0.2, 0.25) is 5.91 Å². The molecule has 1 aliphatic carbocycles. The number of hydroxylamine groups is 1. The first-order valence-corrected chi connectivity index (χ1v) is 7.98. The summed E-state index contributed by atoms with van der Waals surface area (Å²) in [7, 11) is 0. The molecule has 1 saturated carbocycles. The maximum absolute atomic E-state index is 12.1. The zero-order valence-electron chi connectivity index (χ0n) is 13.3. The molecule has 1 fully saturated rings. The summed E-state index contributed by atoms with van der Waals surface area (Å²) >= 11 is 0. The quantitative estimate of drug-likeness (QED) is 0.592. The number of carbonyl (C=O) groups excluding carboxylic acids is 1. The highest BCUT2D eigenvalue weighted by Crippen LogP contribution is 2.24. The Labute approximate surface area is 136 Å². The lowest BCUT2D eigenvalue weighted by atomic mass is 9.86. The molecule has 1 amide bonds. The highest BCUT2D eigenvalue weighted by molar-refractivity contribution is 5.79. The molecule has 0 radical (unpaired) electrons. The van der Waals surface area contributed by atoms with Gasteiger partial charge in [0.25, 0.3) is 0 Å². The predicted molar refractivity (Wildman–Crippen MR) is 91.6 cm³/mol. The Morgan fingerprint density at radius 3 is 2.65 bits per heavy atom. The first-order valence-electron chi connectivity index (χ1n) is 7.98. The maximum atomic E-state index is 12.1. The van der Waals surface area contributed by atoms with Crippen molar-refractivity contribution in [1.29, 1.82) is 0 Å². The summed E-state index contributed by atoms with van der Waals surface area (Å²) in [5.74, 6) is 0.0484. The van der Waals surface area contributed by atoms with Crippen molar-refractivity contribution in [2.75, 3.05) is 6.54 Å². The number of nitrogens with two attached hydrogens (primary N) is 1. The molecule has 0 atom stereocenters. The van der Waals surface area contributed by atoms with Crippen LogP contribution in [-0.2, 0) is 4.79 Å². The molecule has 0 spiro atoms. The van der Waals surface area contributed by atoms with E-state index in [2.05, 4.69) is 17.4 Å². The average molecular weight is 315 g/mol. The number of carbonyl (C=O) groups is 1. The molecule has 0 unspecified atom stereocenters. The number of rotatable bonds is 5. The van der Waals surface area contributed by atoms with E-state index in [1.807, 2.05) is 30.3 Å². The van der Waals surface area contributed by atoms with Crippen LogP contribution in [-0.4, -0.2) is 23.7 Å². The Morgan fingerprint density at radius 2 is 2.00 bits per heavy atom. The zero-order valence-corrected chi connectivity index (χ0v) is 13.3. The van der Waals surface area contributed by atoms with Crippen LogP contribution in [0.4, 0.5) is 0 Å². The summed E-state index contributed by atoms with van der Waals surface area (Å²) in [5, 5.41) is 13.7. The van der Waals surface area contributed by atoms with E-state index in [1.165, 1.54) is 0 Å². The zero-order chi connectivity index (χ0) is 16.7. The molecule has 0 aliphatic heterocycles. The molecule has 0 saturated heterocycles. The van der Waals surface area contributed by atoms with Crippen molar-refractivity contribution in [2.45, 2.75) is 31.7 Å². The van der Waals surface area contributed by atoms with Crippen LogP contribution >= 0.6 is 0 Å². The van der Waals surface area contributed by atoms with Gasteiger partial charge < -0.3 is 16.3 Å². The molecule has 5 heteroatoms. The smallest absolute Gasteiger partial charge is 0.223 e. The molecule has 2 rings (SSSR count). The number of hydrogen-bond donors (Lipinski definition) is 4. The topological polar surface area (TPSA) is 87.4 Å². The highest BCUT2D eigenvalue weighted by atomic mass is 16.5. The predicted octanol–water partition coefficient (Wildman–Crippen LogP) is 0.374. The normalized spacial score (nSPS) is 22.8. The Morgan fingerprint density at radius 1 is 1.30 bits per heavy atom. The van der Waals surface area contributed by atoms with Crippen LogP contribution in [0.1, 0.15) is 25.7 Å². The molecule has 0 aromatic heterocycles. The van der Waals surface area contributed by atoms with Gasteiger partial charge in [-0.2, -0.15) is 0 Å². The Hall–Kier alpha value is -2.11. The van der Waals surface area contributed by atoms with Crippen LogP contribution in [0.3, 0.4) is 0 Å². The second kappa shape index (κ2) is 8.50. The number of nitrogens with one attached hydrogen (secondary N) is 2. The average Bonchev–Trinajstić information content (AvgIpc) is 2.59. The van der Waals surface area contributed by atoms with Crippen molar-refractivity contribution in [3.8, 4) is 0 Å². The van der Waals surface area contributed by atoms with Crippen molar-refractivity contribution >= 4 is 18.6 Å². The van der Waals surface area contributed by atoms with Crippen LogP contribution in [0.5, 0.6) is 0 Å². The number of allylic oxidation sites excluding steroid dienone is 1. The third kappa shape index (κ3) is 5.23. The fourth-order valence-corrected chi connectivity index (χ4v) is 2.77. The van der Waals surface area contributed by atoms with E-state index in [-0.39, 0.29) is 17.9 Å². The van der Waals surface area contributed by atoms with Crippen molar-refractivity contribution in [3.63, 3.8) is 0 Å². The van der Waals surface area contributed by atoms with Gasteiger partial charge in [-0.25, -0.2) is 5.48 Å². The van der Waals surface area contributed by atoms with E-state index in [4.69, 9.17) is 10.9 Å². The van der Waals surface area contributed by atoms with Crippen LogP contribution in [0.25, 0.3) is 12.7 Å². The third-order valence-electron chi connectivity index (χ3n) is 4.28. The summed E-state index contributed by atoms with van der Waals surface area (Å²) in [4.78, 5) is 12.1. The van der Waals surface area contributed by atoms with Crippen molar-refractivity contribution in [3.05, 3.63) is 46.5 Å². The van der Waals surface area contributed by atoms with E-state index >= 15 is 0 Å². The monoisotopic (exact) mass is 315 g/mol. The molecule has 1 aromatic carbocycles. The van der Waals surface area contributed by atoms with Crippen molar-refractivity contribution in [1.82, 2.24) is 10.8 Å². The highest BCUT2D eigenvalue weighted by Gasteiger charge is 2.25. The van der Waals surface area contributed by atoms with E-state index in [1.54, 1.807) is 6.08 Å². The van der Waals surface area contributed by atoms with E-state index in [0.29, 0.717) is 12.2 Å². The molecule has 1 aliphatic rings. The van der Waals surface area contributed by atoms with Gasteiger partial charge in [-0.15, -0.1) is 0 Å². The minimum Gasteiger partial charge on any atom is -0.401 e. The number of amides is 1. The van der Waals surface area contributed by atoms with Gasteiger partial charge in [0.05, 0.1) is 6.54 Å². The second-order valence-electron chi connectivity index (χ2n) is 6.00. The van der Waals surface area contributed by atoms with Gasteiger partial charge in [-0.1, -0.05) is 36.9 Å². The SMILES string of the molecule is C=c1cccc/c1=C/C=C(\N)CNC(=O)C1CCC(NO)CC1. The fourth-order valence-electron chi connectivity index (χ4n) is 2.77. The van der Waals surface area contributed by atoms with Gasteiger partial charge in [0.1, 0.15) is 0 Å². The minimum absolute atomic E-state index is 0.0111. The molecule has 0 heterocycles. The maximum Gasteiger partial charge on any atom is 0.223 e. The first kappa shape index (κ1) is 17.2.